The largest absolute Gasteiger partial charge is 0.366 e. The first kappa shape index (κ1) is 24.7. The molecule has 0 bridgehead atoms. The minimum absolute atomic E-state index is 0.177. The van der Waals surface area contributed by atoms with Crippen molar-refractivity contribution in [1.29, 1.82) is 0 Å². The second-order valence-corrected chi connectivity index (χ2v) is 9.79. The third-order valence-corrected chi connectivity index (χ3v) is 6.96. The fraction of sp³-hybridized carbons (Fsp3) is 0.250. The van der Waals surface area contributed by atoms with Gasteiger partial charge in [-0.15, -0.1) is 11.3 Å². The number of fused-ring (bicyclic) bond motifs is 1. The number of ether oxygens (including phenoxy) is 1. The molecular formula is C28H28N6O2S. The molecule has 0 saturated heterocycles. The summed E-state index contributed by atoms with van der Waals surface area (Å²) < 4.78 is 7.66. The van der Waals surface area contributed by atoms with Crippen LogP contribution in [-0.2, 0) is 18.4 Å². The van der Waals surface area contributed by atoms with Crippen LogP contribution in [0.25, 0.3) is 22.2 Å². The van der Waals surface area contributed by atoms with Crippen LogP contribution >= 0.6 is 11.3 Å². The van der Waals surface area contributed by atoms with E-state index in [0.29, 0.717) is 12.2 Å². The van der Waals surface area contributed by atoms with E-state index < -0.39 is 0 Å². The van der Waals surface area contributed by atoms with Crippen LogP contribution < -0.4 is 5.32 Å². The molecule has 0 aliphatic carbocycles. The first-order valence-corrected chi connectivity index (χ1v) is 13.0. The van der Waals surface area contributed by atoms with Crippen molar-refractivity contribution in [2.24, 2.45) is 7.05 Å². The topological polar surface area (TPSA) is 94.8 Å². The predicted molar refractivity (Wildman–Crippen MR) is 144 cm³/mol. The molecule has 0 radical (unpaired) electrons. The number of rotatable bonds is 8. The fourth-order valence-corrected chi connectivity index (χ4v) is 4.80. The summed E-state index contributed by atoms with van der Waals surface area (Å²) >= 11 is 1.54. The molecule has 4 heterocycles. The highest BCUT2D eigenvalue weighted by Gasteiger charge is 2.19. The van der Waals surface area contributed by atoms with Gasteiger partial charge in [0.2, 0.25) is 0 Å². The van der Waals surface area contributed by atoms with Gasteiger partial charge in [-0.25, -0.2) is 9.97 Å². The smallest absolute Gasteiger partial charge is 0.253 e. The van der Waals surface area contributed by atoms with Crippen molar-refractivity contribution in [3.05, 3.63) is 94.0 Å². The Hall–Kier alpha value is -3.95. The first-order valence-electron chi connectivity index (χ1n) is 12.0. The van der Waals surface area contributed by atoms with E-state index in [-0.39, 0.29) is 18.1 Å². The summed E-state index contributed by atoms with van der Waals surface area (Å²) in [5.41, 5.74) is 8.44. The SMILES string of the molecule is Cc1cc(C(C)OCc2cscn2)ncc1C(=O)N[C@H](C)c1cc(-c2cnn(C)c2)nc2ccccc12. The summed E-state index contributed by atoms with van der Waals surface area (Å²) in [6.45, 7) is 6.27. The average Bonchev–Trinajstić information content (AvgIpc) is 3.58. The van der Waals surface area contributed by atoms with Crippen molar-refractivity contribution < 1.29 is 9.53 Å². The van der Waals surface area contributed by atoms with Gasteiger partial charge in [-0.2, -0.15) is 5.10 Å². The molecule has 0 spiro atoms. The van der Waals surface area contributed by atoms with Crippen LogP contribution in [0.5, 0.6) is 0 Å². The van der Waals surface area contributed by atoms with Crippen molar-refractivity contribution in [3.63, 3.8) is 0 Å². The van der Waals surface area contributed by atoms with Gasteiger partial charge >= 0.3 is 0 Å². The number of benzene rings is 1. The van der Waals surface area contributed by atoms with Gasteiger partial charge in [0.1, 0.15) is 0 Å². The maximum atomic E-state index is 13.3. The second-order valence-electron chi connectivity index (χ2n) is 9.07. The Balaban J connectivity index is 1.35. The third-order valence-electron chi connectivity index (χ3n) is 6.32. The number of carbonyl (C=O) groups is 1. The summed E-state index contributed by atoms with van der Waals surface area (Å²) in [6, 6.07) is 11.6. The fourth-order valence-electron chi connectivity index (χ4n) is 4.26. The zero-order valence-corrected chi connectivity index (χ0v) is 22.0. The Bertz CT molecular complexity index is 1550. The highest BCUT2D eigenvalue weighted by molar-refractivity contribution is 7.07. The zero-order chi connectivity index (χ0) is 25.9. The van der Waals surface area contributed by atoms with E-state index in [4.69, 9.17) is 9.72 Å². The molecule has 9 heteroatoms. The lowest BCUT2D eigenvalue weighted by Gasteiger charge is -2.19. The number of carbonyl (C=O) groups excluding carboxylic acids is 1. The van der Waals surface area contributed by atoms with Crippen LogP contribution in [0.1, 0.15) is 58.9 Å². The number of thiazole rings is 1. The first-order chi connectivity index (χ1) is 17.9. The van der Waals surface area contributed by atoms with Crippen molar-refractivity contribution in [2.75, 3.05) is 0 Å². The van der Waals surface area contributed by atoms with E-state index in [9.17, 15) is 4.79 Å². The molecule has 4 aromatic heterocycles. The molecule has 188 valence electrons. The van der Waals surface area contributed by atoms with Gasteiger partial charge in [0.15, 0.2) is 0 Å². The second kappa shape index (κ2) is 10.6. The summed E-state index contributed by atoms with van der Waals surface area (Å²) in [6.07, 6.45) is 5.14. The number of hydrogen-bond acceptors (Lipinski definition) is 7. The zero-order valence-electron chi connectivity index (χ0n) is 21.2. The van der Waals surface area contributed by atoms with Gasteiger partial charge in [-0.3, -0.25) is 14.5 Å². The van der Waals surface area contributed by atoms with E-state index in [2.05, 4.69) is 20.4 Å². The van der Waals surface area contributed by atoms with E-state index in [1.807, 2.05) is 75.8 Å². The molecule has 1 unspecified atom stereocenters. The molecule has 5 rings (SSSR count). The van der Waals surface area contributed by atoms with Gasteiger partial charge in [0.25, 0.3) is 5.91 Å². The van der Waals surface area contributed by atoms with Gasteiger partial charge < -0.3 is 10.1 Å². The van der Waals surface area contributed by atoms with E-state index >= 15 is 0 Å². The van der Waals surface area contributed by atoms with Gasteiger partial charge in [-0.1, -0.05) is 18.2 Å². The number of pyridine rings is 2. The van der Waals surface area contributed by atoms with Crippen molar-refractivity contribution in [3.8, 4) is 11.3 Å². The maximum absolute atomic E-state index is 13.3. The normalized spacial score (nSPS) is 13.0. The summed E-state index contributed by atoms with van der Waals surface area (Å²) in [4.78, 5) is 26.9. The highest BCUT2D eigenvalue weighted by atomic mass is 32.1. The van der Waals surface area contributed by atoms with Crippen LogP contribution in [-0.4, -0.2) is 30.6 Å². The van der Waals surface area contributed by atoms with Gasteiger partial charge in [0.05, 0.1) is 58.6 Å². The van der Waals surface area contributed by atoms with Crippen molar-refractivity contribution in [2.45, 2.75) is 39.5 Å². The predicted octanol–water partition coefficient (Wildman–Crippen LogP) is 5.56. The standard InChI is InChI=1S/C28H28N6O2S/c1-17-9-26(19(3)36-14-21-15-37-16-30-21)29-12-24(17)28(35)32-18(2)23-10-27(20-11-31-34(4)13-20)33-25-8-6-5-7-22(23)25/h5-13,15-16,18-19H,14H2,1-4H3,(H,32,35)/t18-,19?/m1/s1. The van der Waals surface area contributed by atoms with E-state index in [1.165, 1.54) is 0 Å². The lowest BCUT2D eigenvalue weighted by atomic mass is 9.99. The molecule has 0 saturated carbocycles. The number of para-hydroxylation sites is 1. The molecule has 1 N–H and O–H groups in total. The average molecular weight is 513 g/mol. The number of amides is 1. The van der Waals surface area contributed by atoms with Crippen LogP contribution in [0.2, 0.25) is 0 Å². The van der Waals surface area contributed by atoms with Crippen LogP contribution in [0.3, 0.4) is 0 Å². The molecule has 0 aliphatic heterocycles. The Morgan fingerprint density at radius 2 is 2.00 bits per heavy atom. The monoisotopic (exact) mass is 512 g/mol. The van der Waals surface area contributed by atoms with E-state index in [1.54, 1.807) is 33.9 Å². The molecule has 1 aromatic carbocycles. The van der Waals surface area contributed by atoms with Crippen LogP contribution in [0.4, 0.5) is 0 Å². The number of nitrogens with one attached hydrogen (secondary N) is 1. The number of aryl methyl sites for hydroxylation is 2. The molecule has 5 aromatic rings. The molecular weight excluding hydrogens is 484 g/mol. The Morgan fingerprint density at radius 3 is 2.73 bits per heavy atom. The minimum atomic E-state index is -0.254. The molecule has 0 fully saturated rings. The van der Waals surface area contributed by atoms with Crippen molar-refractivity contribution in [1.82, 2.24) is 30.0 Å². The molecule has 37 heavy (non-hydrogen) atoms. The van der Waals surface area contributed by atoms with Crippen LogP contribution in [0.15, 0.2) is 65.9 Å². The quantitative estimate of drug-likeness (QED) is 0.292. The Labute approximate surface area is 219 Å². The number of nitrogens with zero attached hydrogens (tertiary/aromatic N) is 5. The summed E-state index contributed by atoms with van der Waals surface area (Å²) in [5, 5.41) is 10.4. The Morgan fingerprint density at radius 1 is 1.16 bits per heavy atom. The minimum Gasteiger partial charge on any atom is -0.366 e. The summed E-state index contributed by atoms with van der Waals surface area (Å²) in [5.74, 6) is -0.177. The molecule has 0 aliphatic rings. The lowest BCUT2D eigenvalue weighted by molar-refractivity contribution is 0.0480. The maximum Gasteiger partial charge on any atom is 0.253 e. The Kier molecular flexibility index (Phi) is 7.07. The highest BCUT2D eigenvalue weighted by Crippen LogP contribution is 2.29. The van der Waals surface area contributed by atoms with Gasteiger partial charge in [0, 0.05) is 35.8 Å². The van der Waals surface area contributed by atoms with Crippen molar-refractivity contribution >= 4 is 28.1 Å². The number of aromatic nitrogens is 5. The third kappa shape index (κ3) is 5.42. The molecule has 2 atom stereocenters. The van der Waals surface area contributed by atoms with E-state index in [0.717, 1.165) is 44.7 Å². The van der Waals surface area contributed by atoms with Gasteiger partial charge in [-0.05, 0) is 50.1 Å². The lowest BCUT2D eigenvalue weighted by Crippen LogP contribution is -2.28. The summed E-state index contributed by atoms with van der Waals surface area (Å²) in [7, 11) is 1.88. The number of hydrogen-bond donors (Lipinski definition) is 1. The molecule has 1 amide bonds. The molecule has 8 nitrogen and oxygen atoms in total. The van der Waals surface area contributed by atoms with Crippen LogP contribution in [0, 0.1) is 6.92 Å².